The third-order valence-corrected chi connectivity index (χ3v) is 5.42. The number of para-hydroxylation sites is 1. The molecule has 0 fully saturated rings. The van der Waals surface area contributed by atoms with Gasteiger partial charge in [-0.05, 0) is 25.1 Å². The molecule has 134 valence electrons. The van der Waals surface area contributed by atoms with Gasteiger partial charge < -0.3 is 0 Å². The monoisotopic (exact) mass is 376 g/mol. The summed E-state index contributed by atoms with van der Waals surface area (Å²) in [5, 5.41) is 0.446. The van der Waals surface area contributed by atoms with Crippen molar-refractivity contribution in [2.75, 3.05) is 0 Å². The maximum Gasteiger partial charge on any atom is 0.337 e. The number of ketones is 1. The van der Waals surface area contributed by atoms with Gasteiger partial charge in [-0.15, -0.1) is 11.3 Å². The Balaban J connectivity index is 1.96. The van der Waals surface area contributed by atoms with Gasteiger partial charge in [0, 0.05) is 10.4 Å². The average Bonchev–Trinajstić information content (AvgIpc) is 3.08. The molecule has 0 saturated carbocycles. The zero-order valence-electron chi connectivity index (χ0n) is 14.6. The molecule has 2 aromatic heterocycles. The molecule has 0 amide bonds. The number of carbonyl (C=O) groups excluding carboxylic acids is 1. The fraction of sp³-hybridized carbons (Fsp3) is 0.0952. The minimum atomic E-state index is -0.509. The number of rotatable bonds is 4. The van der Waals surface area contributed by atoms with E-state index >= 15 is 0 Å². The predicted octanol–water partition coefficient (Wildman–Crippen LogP) is 3.41. The summed E-state index contributed by atoms with van der Waals surface area (Å²) in [4.78, 5) is 40.2. The van der Waals surface area contributed by atoms with Crippen LogP contribution in [0.25, 0.3) is 15.9 Å². The minimum absolute atomic E-state index is 0.119. The number of benzene rings is 2. The Morgan fingerprint density at radius 1 is 0.963 bits per heavy atom. The van der Waals surface area contributed by atoms with Crippen molar-refractivity contribution in [2.45, 2.75) is 13.5 Å². The molecule has 0 aliphatic carbocycles. The summed E-state index contributed by atoms with van der Waals surface area (Å²) in [5.41, 5.74) is 0.140. The van der Waals surface area contributed by atoms with Crippen molar-refractivity contribution < 1.29 is 4.79 Å². The summed E-state index contributed by atoms with van der Waals surface area (Å²) in [6, 6.07) is 19.4. The van der Waals surface area contributed by atoms with Gasteiger partial charge in [-0.25, -0.2) is 9.36 Å². The van der Waals surface area contributed by atoms with E-state index in [1.807, 2.05) is 19.1 Å². The van der Waals surface area contributed by atoms with Gasteiger partial charge in [-0.2, -0.15) is 0 Å². The van der Waals surface area contributed by atoms with E-state index in [9.17, 15) is 14.4 Å². The number of aryl methyl sites for hydroxylation is 1. The standard InChI is InChI=1S/C21H16N2O3S/c1-14-12-17-19(25)23(16-10-6-3-7-11-16)21(26)22(20(17)27-14)13-18(24)15-8-4-2-5-9-15/h2-12H,13H2,1H3. The SMILES string of the molecule is Cc1cc2c(=O)n(-c3ccccc3)c(=O)n(CC(=O)c3ccccc3)c2s1. The number of carbonyl (C=O) groups is 1. The highest BCUT2D eigenvalue weighted by Crippen LogP contribution is 2.22. The Bertz CT molecular complexity index is 1250. The second-order valence-electron chi connectivity index (χ2n) is 6.21. The van der Waals surface area contributed by atoms with E-state index < -0.39 is 5.69 Å². The molecule has 4 aromatic rings. The Labute approximate surface area is 158 Å². The Morgan fingerprint density at radius 2 is 1.59 bits per heavy atom. The molecule has 0 unspecified atom stereocenters. The van der Waals surface area contributed by atoms with E-state index in [4.69, 9.17) is 0 Å². The highest BCUT2D eigenvalue weighted by Gasteiger charge is 2.19. The van der Waals surface area contributed by atoms with Gasteiger partial charge in [0.15, 0.2) is 5.78 Å². The fourth-order valence-corrected chi connectivity index (χ4v) is 4.06. The second kappa shape index (κ2) is 6.81. The molecule has 0 atom stereocenters. The topological polar surface area (TPSA) is 61.1 Å². The van der Waals surface area contributed by atoms with Crippen LogP contribution < -0.4 is 11.2 Å². The molecular weight excluding hydrogens is 360 g/mol. The lowest BCUT2D eigenvalue weighted by atomic mass is 10.1. The Morgan fingerprint density at radius 3 is 2.26 bits per heavy atom. The zero-order valence-corrected chi connectivity index (χ0v) is 15.4. The summed E-state index contributed by atoms with van der Waals surface area (Å²) in [5.74, 6) is -0.177. The summed E-state index contributed by atoms with van der Waals surface area (Å²) in [6.07, 6.45) is 0. The number of aromatic nitrogens is 2. The number of Topliss-reactive ketones (excluding diaryl/α,β-unsaturated/α-hetero) is 1. The van der Waals surface area contributed by atoms with E-state index in [-0.39, 0.29) is 17.9 Å². The number of fused-ring (bicyclic) bond motifs is 1. The van der Waals surface area contributed by atoms with Crippen LogP contribution in [-0.4, -0.2) is 14.9 Å². The second-order valence-corrected chi connectivity index (χ2v) is 7.44. The van der Waals surface area contributed by atoms with Crippen molar-refractivity contribution in [1.82, 2.24) is 9.13 Å². The first-order chi connectivity index (χ1) is 13.1. The first kappa shape index (κ1) is 17.2. The van der Waals surface area contributed by atoms with Gasteiger partial charge in [0.2, 0.25) is 0 Å². The molecule has 0 aliphatic heterocycles. The molecule has 6 heteroatoms. The molecule has 0 bridgehead atoms. The lowest BCUT2D eigenvalue weighted by Crippen LogP contribution is -2.39. The maximum absolute atomic E-state index is 13.2. The molecule has 0 N–H and O–H groups in total. The third-order valence-electron chi connectivity index (χ3n) is 4.35. The molecule has 0 saturated heterocycles. The summed E-state index contributed by atoms with van der Waals surface area (Å²) in [6.45, 7) is 1.76. The molecule has 4 rings (SSSR count). The molecule has 2 heterocycles. The van der Waals surface area contributed by atoms with E-state index in [2.05, 4.69) is 0 Å². The first-order valence-corrected chi connectivity index (χ1v) is 9.27. The van der Waals surface area contributed by atoms with Crippen LogP contribution in [0.3, 0.4) is 0 Å². The zero-order chi connectivity index (χ0) is 19.0. The van der Waals surface area contributed by atoms with Gasteiger partial charge in [0.1, 0.15) is 4.83 Å². The Kier molecular flexibility index (Phi) is 4.33. The molecule has 27 heavy (non-hydrogen) atoms. The highest BCUT2D eigenvalue weighted by molar-refractivity contribution is 7.18. The summed E-state index contributed by atoms with van der Waals surface area (Å²) < 4.78 is 2.53. The molecule has 0 aliphatic rings. The normalized spacial score (nSPS) is 11.0. The fourth-order valence-electron chi connectivity index (χ4n) is 3.07. The van der Waals surface area contributed by atoms with Gasteiger partial charge in [-0.3, -0.25) is 14.2 Å². The van der Waals surface area contributed by atoms with Crippen LogP contribution >= 0.6 is 11.3 Å². The average molecular weight is 376 g/mol. The predicted molar refractivity (Wildman–Crippen MR) is 107 cm³/mol. The van der Waals surface area contributed by atoms with Crippen LogP contribution in [0.5, 0.6) is 0 Å². The van der Waals surface area contributed by atoms with Crippen molar-refractivity contribution in [3.8, 4) is 5.69 Å². The van der Waals surface area contributed by atoms with E-state index in [1.54, 1.807) is 54.6 Å². The molecule has 0 spiro atoms. The van der Waals surface area contributed by atoms with Gasteiger partial charge >= 0.3 is 5.69 Å². The number of nitrogens with zero attached hydrogens (tertiary/aromatic N) is 2. The molecule has 0 radical (unpaired) electrons. The number of hydrogen-bond acceptors (Lipinski definition) is 4. The minimum Gasteiger partial charge on any atom is -0.292 e. The van der Waals surface area contributed by atoms with Crippen LogP contribution in [0, 0.1) is 6.92 Å². The quantitative estimate of drug-likeness (QED) is 0.513. The summed E-state index contributed by atoms with van der Waals surface area (Å²) in [7, 11) is 0. The van der Waals surface area contributed by atoms with Crippen molar-refractivity contribution in [1.29, 1.82) is 0 Å². The third kappa shape index (κ3) is 3.04. The van der Waals surface area contributed by atoms with Crippen molar-refractivity contribution in [3.63, 3.8) is 0 Å². The molecule has 2 aromatic carbocycles. The lowest BCUT2D eigenvalue weighted by molar-refractivity contribution is 0.0972. The van der Waals surface area contributed by atoms with Gasteiger partial charge in [0.05, 0.1) is 17.6 Å². The molecule has 5 nitrogen and oxygen atoms in total. The van der Waals surface area contributed by atoms with Gasteiger partial charge in [0.25, 0.3) is 5.56 Å². The van der Waals surface area contributed by atoms with E-state index in [0.717, 1.165) is 9.44 Å². The van der Waals surface area contributed by atoms with Crippen LogP contribution in [0.4, 0.5) is 0 Å². The Hall–Kier alpha value is -3.25. The van der Waals surface area contributed by atoms with Crippen LogP contribution in [0.2, 0.25) is 0 Å². The smallest absolute Gasteiger partial charge is 0.292 e. The first-order valence-electron chi connectivity index (χ1n) is 8.46. The van der Waals surface area contributed by atoms with Crippen molar-refractivity contribution in [2.24, 2.45) is 0 Å². The highest BCUT2D eigenvalue weighted by atomic mass is 32.1. The van der Waals surface area contributed by atoms with Crippen LogP contribution in [0.15, 0.2) is 76.3 Å². The number of thiophene rings is 1. The van der Waals surface area contributed by atoms with Crippen LogP contribution in [-0.2, 0) is 6.54 Å². The summed E-state index contributed by atoms with van der Waals surface area (Å²) >= 11 is 1.35. The van der Waals surface area contributed by atoms with Crippen molar-refractivity contribution >= 4 is 27.3 Å². The molecular formula is C21H16N2O3S. The maximum atomic E-state index is 13.2. The van der Waals surface area contributed by atoms with E-state index in [0.29, 0.717) is 21.5 Å². The lowest BCUT2D eigenvalue weighted by Gasteiger charge is -2.11. The van der Waals surface area contributed by atoms with E-state index in [1.165, 1.54) is 15.9 Å². The van der Waals surface area contributed by atoms with Crippen LogP contribution in [0.1, 0.15) is 15.2 Å². The largest absolute Gasteiger partial charge is 0.337 e. The van der Waals surface area contributed by atoms with Gasteiger partial charge in [-0.1, -0.05) is 48.5 Å². The number of hydrogen-bond donors (Lipinski definition) is 0. The van der Waals surface area contributed by atoms with Crippen molar-refractivity contribution in [3.05, 3.63) is 98.0 Å².